The number of rotatable bonds is 1. The summed E-state index contributed by atoms with van der Waals surface area (Å²) in [7, 11) is 0. The Morgan fingerprint density at radius 2 is 2.06 bits per heavy atom. The van der Waals surface area contributed by atoms with Crippen molar-refractivity contribution in [3.05, 3.63) is 46.4 Å². The zero-order valence-electron chi connectivity index (χ0n) is 9.87. The summed E-state index contributed by atoms with van der Waals surface area (Å²) in [4.78, 5) is 7.95. The van der Waals surface area contributed by atoms with Crippen LogP contribution in [0.15, 0.2) is 40.9 Å². The fourth-order valence-corrected chi connectivity index (χ4v) is 2.57. The third-order valence-corrected chi connectivity index (χ3v) is 3.37. The molecular weight excluding hydrogens is 290 g/mol. The molecule has 0 saturated carbocycles. The van der Waals surface area contributed by atoms with Crippen molar-refractivity contribution in [1.29, 1.82) is 0 Å². The van der Waals surface area contributed by atoms with Gasteiger partial charge in [0.05, 0.1) is 11.0 Å². The molecular formula is C14H12BrN3. The van der Waals surface area contributed by atoms with Crippen molar-refractivity contribution in [2.75, 3.05) is 5.73 Å². The van der Waals surface area contributed by atoms with Crippen molar-refractivity contribution in [3.63, 3.8) is 0 Å². The molecule has 3 rings (SSSR count). The number of halogens is 1. The average molecular weight is 302 g/mol. The van der Waals surface area contributed by atoms with E-state index in [1.807, 2.05) is 30.3 Å². The van der Waals surface area contributed by atoms with Crippen LogP contribution in [0.2, 0.25) is 0 Å². The third-order valence-electron chi connectivity index (χ3n) is 2.91. The van der Waals surface area contributed by atoms with Gasteiger partial charge in [-0.1, -0.05) is 28.1 Å². The van der Waals surface area contributed by atoms with Crippen LogP contribution < -0.4 is 5.73 Å². The monoisotopic (exact) mass is 301 g/mol. The van der Waals surface area contributed by atoms with Crippen LogP contribution in [0.25, 0.3) is 22.4 Å². The number of hydrogen-bond acceptors (Lipinski definition) is 2. The highest BCUT2D eigenvalue weighted by Crippen LogP contribution is 2.27. The van der Waals surface area contributed by atoms with E-state index < -0.39 is 0 Å². The number of nitrogens with zero attached hydrogens (tertiary/aromatic N) is 1. The standard InChI is InChI=1S/C14H12BrN3/c1-8-3-2-4-12-13(8)18-14(17-12)9-5-10(15)7-11(16)6-9/h2-7H,16H2,1H3,(H,17,18). The minimum absolute atomic E-state index is 0.719. The van der Waals surface area contributed by atoms with Crippen LogP contribution in [0.4, 0.5) is 5.69 Å². The molecule has 3 N–H and O–H groups in total. The van der Waals surface area contributed by atoms with Gasteiger partial charge in [-0.3, -0.25) is 0 Å². The van der Waals surface area contributed by atoms with Gasteiger partial charge < -0.3 is 10.7 Å². The Hall–Kier alpha value is -1.81. The van der Waals surface area contributed by atoms with Crippen LogP contribution in [-0.4, -0.2) is 9.97 Å². The number of nitrogens with one attached hydrogen (secondary N) is 1. The van der Waals surface area contributed by atoms with Crippen molar-refractivity contribution >= 4 is 32.7 Å². The number of aromatic nitrogens is 2. The molecule has 0 aliphatic heterocycles. The number of fused-ring (bicyclic) bond motifs is 1. The Kier molecular flexibility index (Phi) is 2.59. The predicted octanol–water partition coefficient (Wildman–Crippen LogP) is 3.88. The van der Waals surface area contributed by atoms with E-state index in [9.17, 15) is 0 Å². The number of hydrogen-bond donors (Lipinski definition) is 2. The zero-order chi connectivity index (χ0) is 12.7. The average Bonchev–Trinajstić information content (AvgIpc) is 2.73. The van der Waals surface area contributed by atoms with Crippen LogP contribution in [0.5, 0.6) is 0 Å². The molecule has 1 aromatic heterocycles. The molecule has 0 amide bonds. The van der Waals surface area contributed by atoms with Crippen molar-refractivity contribution in [3.8, 4) is 11.4 Å². The molecule has 0 radical (unpaired) electrons. The van der Waals surface area contributed by atoms with Gasteiger partial charge >= 0.3 is 0 Å². The molecule has 3 nitrogen and oxygen atoms in total. The van der Waals surface area contributed by atoms with Crippen molar-refractivity contribution in [2.24, 2.45) is 0 Å². The summed E-state index contributed by atoms with van der Waals surface area (Å²) in [5, 5.41) is 0. The lowest BCUT2D eigenvalue weighted by Crippen LogP contribution is -1.87. The van der Waals surface area contributed by atoms with Gasteiger partial charge in [-0.05, 0) is 36.8 Å². The van der Waals surface area contributed by atoms with Gasteiger partial charge in [0.25, 0.3) is 0 Å². The second-order valence-corrected chi connectivity index (χ2v) is 5.25. The largest absolute Gasteiger partial charge is 0.399 e. The number of para-hydroxylation sites is 1. The number of aryl methyl sites for hydroxylation is 1. The molecule has 0 bridgehead atoms. The predicted molar refractivity (Wildman–Crippen MR) is 78.4 cm³/mol. The molecule has 3 aromatic rings. The van der Waals surface area contributed by atoms with E-state index in [0.29, 0.717) is 0 Å². The zero-order valence-corrected chi connectivity index (χ0v) is 11.5. The summed E-state index contributed by atoms with van der Waals surface area (Å²) < 4.78 is 0.953. The van der Waals surface area contributed by atoms with E-state index in [2.05, 4.69) is 38.9 Å². The van der Waals surface area contributed by atoms with Gasteiger partial charge in [-0.25, -0.2) is 4.98 Å². The Morgan fingerprint density at radius 3 is 2.78 bits per heavy atom. The minimum Gasteiger partial charge on any atom is -0.399 e. The first-order chi connectivity index (χ1) is 8.63. The molecule has 0 spiro atoms. The van der Waals surface area contributed by atoms with Gasteiger partial charge in [0.1, 0.15) is 5.82 Å². The lowest BCUT2D eigenvalue weighted by Gasteiger charge is -2.00. The summed E-state index contributed by atoms with van der Waals surface area (Å²) in [6.07, 6.45) is 0. The van der Waals surface area contributed by atoms with Crippen LogP contribution in [0.3, 0.4) is 0 Å². The molecule has 90 valence electrons. The fraction of sp³-hybridized carbons (Fsp3) is 0.0714. The maximum Gasteiger partial charge on any atom is 0.138 e. The van der Waals surface area contributed by atoms with Gasteiger partial charge in [-0.15, -0.1) is 0 Å². The molecule has 0 aliphatic rings. The SMILES string of the molecule is Cc1cccc2[nH]c(-c3cc(N)cc(Br)c3)nc12. The summed E-state index contributed by atoms with van der Waals surface area (Å²) in [5.41, 5.74) is 10.8. The van der Waals surface area contributed by atoms with Crippen molar-refractivity contribution in [1.82, 2.24) is 9.97 Å². The van der Waals surface area contributed by atoms with Gasteiger partial charge in [-0.2, -0.15) is 0 Å². The number of aromatic amines is 1. The maximum absolute atomic E-state index is 5.85. The highest BCUT2D eigenvalue weighted by Gasteiger charge is 2.07. The molecule has 0 fully saturated rings. The summed E-state index contributed by atoms with van der Waals surface area (Å²) in [5.74, 6) is 0.840. The molecule has 0 saturated heterocycles. The van der Waals surface area contributed by atoms with E-state index in [1.54, 1.807) is 0 Å². The van der Waals surface area contributed by atoms with Crippen molar-refractivity contribution in [2.45, 2.75) is 6.92 Å². The van der Waals surface area contributed by atoms with Crippen molar-refractivity contribution < 1.29 is 0 Å². The van der Waals surface area contributed by atoms with E-state index in [0.717, 1.165) is 38.1 Å². The topological polar surface area (TPSA) is 54.7 Å². The Bertz CT molecular complexity index is 711. The fourth-order valence-electron chi connectivity index (χ4n) is 2.06. The van der Waals surface area contributed by atoms with E-state index in [1.165, 1.54) is 0 Å². The number of imidazole rings is 1. The highest BCUT2D eigenvalue weighted by atomic mass is 79.9. The number of anilines is 1. The third kappa shape index (κ3) is 1.88. The van der Waals surface area contributed by atoms with Gasteiger partial charge in [0.15, 0.2) is 0 Å². The molecule has 18 heavy (non-hydrogen) atoms. The smallest absolute Gasteiger partial charge is 0.138 e. The summed E-state index contributed by atoms with van der Waals surface area (Å²) in [6.45, 7) is 2.06. The second-order valence-electron chi connectivity index (χ2n) is 4.33. The Morgan fingerprint density at radius 1 is 1.22 bits per heavy atom. The Balaban J connectivity index is 2.22. The van der Waals surface area contributed by atoms with E-state index in [-0.39, 0.29) is 0 Å². The first kappa shape index (κ1) is 11.3. The first-order valence-electron chi connectivity index (χ1n) is 5.65. The van der Waals surface area contributed by atoms with Gasteiger partial charge in [0.2, 0.25) is 0 Å². The van der Waals surface area contributed by atoms with Crippen LogP contribution in [0, 0.1) is 6.92 Å². The lowest BCUT2D eigenvalue weighted by molar-refractivity contribution is 1.33. The summed E-state index contributed by atoms with van der Waals surface area (Å²) in [6, 6.07) is 11.9. The number of nitrogens with two attached hydrogens (primary N) is 1. The molecule has 1 heterocycles. The van der Waals surface area contributed by atoms with E-state index in [4.69, 9.17) is 5.73 Å². The second kappa shape index (κ2) is 4.14. The normalized spacial score (nSPS) is 11.0. The molecule has 0 aliphatic carbocycles. The molecule has 0 unspecified atom stereocenters. The number of nitrogen functional groups attached to an aromatic ring is 1. The molecule has 0 atom stereocenters. The molecule has 2 aromatic carbocycles. The summed E-state index contributed by atoms with van der Waals surface area (Å²) >= 11 is 3.45. The van der Waals surface area contributed by atoms with Crippen LogP contribution in [-0.2, 0) is 0 Å². The quantitative estimate of drug-likeness (QED) is 0.670. The Labute approximate surface area is 113 Å². The first-order valence-corrected chi connectivity index (χ1v) is 6.44. The lowest BCUT2D eigenvalue weighted by atomic mass is 10.2. The number of H-pyrrole nitrogens is 1. The van der Waals surface area contributed by atoms with E-state index >= 15 is 0 Å². The van der Waals surface area contributed by atoms with Crippen LogP contribution in [0.1, 0.15) is 5.56 Å². The number of benzene rings is 2. The van der Waals surface area contributed by atoms with Gasteiger partial charge in [0, 0.05) is 15.7 Å². The highest BCUT2D eigenvalue weighted by molar-refractivity contribution is 9.10. The minimum atomic E-state index is 0.719. The van der Waals surface area contributed by atoms with Crippen LogP contribution >= 0.6 is 15.9 Å². The maximum atomic E-state index is 5.85. The molecule has 4 heteroatoms.